The third-order valence-electron chi connectivity index (χ3n) is 2.21. The Hall–Kier alpha value is -0.0800. The highest BCUT2D eigenvalue weighted by Crippen LogP contribution is 2.33. The first-order valence-corrected chi connectivity index (χ1v) is 4.41. The molecule has 1 saturated heterocycles. The summed E-state index contributed by atoms with van der Waals surface area (Å²) in [6.07, 6.45) is 1.29. The van der Waals surface area contributed by atoms with Gasteiger partial charge < -0.3 is 10.1 Å². The van der Waals surface area contributed by atoms with Crippen LogP contribution in [0, 0.1) is 11.3 Å². The number of nitrogens with one attached hydrogen (secondary N) is 1. The fourth-order valence-corrected chi connectivity index (χ4v) is 1.92. The first-order valence-electron chi connectivity index (χ1n) is 4.41. The Kier molecular flexibility index (Phi) is 2.90. The molecule has 1 aliphatic rings. The highest BCUT2D eigenvalue weighted by molar-refractivity contribution is 4.87. The molecule has 1 rings (SSSR count). The van der Waals surface area contributed by atoms with Crippen molar-refractivity contribution in [2.45, 2.75) is 20.3 Å². The van der Waals surface area contributed by atoms with E-state index in [0.717, 1.165) is 25.7 Å². The summed E-state index contributed by atoms with van der Waals surface area (Å²) in [6.45, 7) is 7.55. The van der Waals surface area contributed by atoms with Crippen molar-refractivity contribution in [1.29, 1.82) is 0 Å². The maximum Gasteiger partial charge on any atom is 0.0557 e. The molecule has 0 aromatic carbocycles. The molecule has 2 heteroatoms. The fourth-order valence-electron chi connectivity index (χ4n) is 1.92. The highest BCUT2D eigenvalue weighted by Gasteiger charge is 2.37. The summed E-state index contributed by atoms with van der Waals surface area (Å²) in [5.74, 6) is 0.784. The van der Waals surface area contributed by atoms with E-state index in [0.29, 0.717) is 5.41 Å². The molecule has 0 unspecified atom stereocenters. The SMILES string of the molecule is CNCC1(CC(C)C)COC1. The molecule has 1 fully saturated rings. The second-order valence-corrected chi connectivity index (χ2v) is 4.12. The molecule has 0 spiro atoms. The van der Waals surface area contributed by atoms with Crippen LogP contribution in [0.4, 0.5) is 0 Å². The number of hydrogen-bond donors (Lipinski definition) is 1. The zero-order valence-electron chi connectivity index (χ0n) is 7.81. The number of hydrogen-bond acceptors (Lipinski definition) is 2. The minimum absolute atomic E-state index is 0.461. The lowest BCUT2D eigenvalue weighted by atomic mass is 9.78. The van der Waals surface area contributed by atoms with Gasteiger partial charge in [-0.05, 0) is 19.4 Å². The molecule has 0 bridgehead atoms. The van der Waals surface area contributed by atoms with Gasteiger partial charge in [0.25, 0.3) is 0 Å². The molecular formula is C9H19NO. The van der Waals surface area contributed by atoms with E-state index in [1.807, 2.05) is 7.05 Å². The van der Waals surface area contributed by atoms with Crippen LogP contribution in [0.3, 0.4) is 0 Å². The Morgan fingerprint density at radius 3 is 2.36 bits per heavy atom. The van der Waals surface area contributed by atoms with Crippen LogP contribution in [0.5, 0.6) is 0 Å². The largest absolute Gasteiger partial charge is 0.380 e. The van der Waals surface area contributed by atoms with Crippen LogP contribution < -0.4 is 5.32 Å². The number of rotatable bonds is 4. The molecule has 0 saturated carbocycles. The van der Waals surface area contributed by atoms with E-state index in [1.54, 1.807) is 0 Å². The zero-order chi connectivity index (χ0) is 8.32. The second-order valence-electron chi connectivity index (χ2n) is 4.12. The molecule has 0 atom stereocenters. The van der Waals surface area contributed by atoms with Gasteiger partial charge in [-0.1, -0.05) is 13.8 Å². The highest BCUT2D eigenvalue weighted by atomic mass is 16.5. The van der Waals surface area contributed by atoms with Crippen molar-refractivity contribution in [3.05, 3.63) is 0 Å². The van der Waals surface area contributed by atoms with Gasteiger partial charge in [-0.15, -0.1) is 0 Å². The lowest BCUT2D eigenvalue weighted by molar-refractivity contribution is -0.120. The summed E-state index contributed by atoms with van der Waals surface area (Å²) in [4.78, 5) is 0. The van der Waals surface area contributed by atoms with Crippen LogP contribution in [-0.4, -0.2) is 26.8 Å². The van der Waals surface area contributed by atoms with Gasteiger partial charge in [-0.25, -0.2) is 0 Å². The van der Waals surface area contributed by atoms with Crippen LogP contribution in [0.25, 0.3) is 0 Å². The van der Waals surface area contributed by atoms with Crippen LogP contribution in [0.15, 0.2) is 0 Å². The summed E-state index contributed by atoms with van der Waals surface area (Å²) < 4.78 is 5.25. The van der Waals surface area contributed by atoms with Crippen LogP contribution in [0.2, 0.25) is 0 Å². The van der Waals surface area contributed by atoms with E-state index in [1.165, 1.54) is 6.42 Å². The first kappa shape index (κ1) is 9.01. The lowest BCUT2D eigenvalue weighted by Crippen LogP contribution is -2.49. The normalized spacial score (nSPS) is 21.8. The minimum Gasteiger partial charge on any atom is -0.380 e. The van der Waals surface area contributed by atoms with E-state index in [4.69, 9.17) is 4.74 Å². The third kappa shape index (κ3) is 2.17. The van der Waals surface area contributed by atoms with Crippen molar-refractivity contribution in [1.82, 2.24) is 5.32 Å². The lowest BCUT2D eigenvalue weighted by Gasteiger charge is -2.42. The van der Waals surface area contributed by atoms with E-state index in [9.17, 15) is 0 Å². The molecular weight excluding hydrogens is 138 g/mol. The molecule has 11 heavy (non-hydrogen) atoms. The fraction of sp³-hybridized carbons (Fsp3) is 1.00. The van der Waals surface area contributed by atoms with Gasteiger partial charge in [0, 0.05) is 12.0 Å². The molecule has 1 aliphatic heterocycles. The summed E-state index contributed by atoms with van der Waals surface area (Å²) in [5.41, 5.74) is 0.461. The van der Waals surface area contributed by atoms with Crippen LogP contribution in [0.1, 0.15) is 20.3 Å². The summed E-state index contributed by atoms with van der Waals surface area (Å²) in [5, 5.41) is 3.24. The third-order valence-corrected chi connectivity index (χ3v) is 2.21. The zero-order valence-corrected chi connectivity index (χ0v) is 7.81. The van der Waals surface area contributed by atoms with Crippen molar-refractivity contribution < 1.29 is 4.74 Å². The molecule has 66 valence electrons. The molecule has 0 aliphatic carbocycles. The van der Waals surface area contributed by atoms with Gasteiger partial charge >= 0.3 is 0 Å². The van der Waals surface area contributed by atoms with E-state index in [2.05, 4.69) is 19.2 Å². The van der Waals surface area contributed by atoms with Crippen LogP contribution in [-0.2, 0) is 4.74 Å². The standard InChI is InChI=1S/C9H19NO/c1-8(2)4-9(5-10-3)6-11-7-9/h8,10H,4-7H2,1-3H3. The van der Waals surface area contributed by atoms with E-state index >= 15 is 0 Å². The van der Waals surface area contributed by atoms with Crippen molar-refractivity contribution in [2.24, 2.45) is 11.3 Å². The van der Waals surface area contributed by atoms with Gasteiger partial charge in [0.05, 0.1) is 13.2 Å². The van der Waals surface area contributed by atoms with Crippen molar-refractivity contribution in [3.8, 4) is 0 Å². The quantitative estimate of drug-likeness (QED) is 0.663. The topological polar surface area (TPSA) is 21.3 Å². The monoisotopic (exact) mass is 157 g/mol. The Labute approximate surface area is 69.3 Å². The Morgan fingerprint density at radius 2 is 2.09 bits per heavy atom. The summed E-state index contributed by atoms with van der Waals surface area (Å²) in [6, 6.07) is 0. The van der Waals surface area contributed by atoms with Crippen molar-refractivity contribution in [2.75, 3.05) is 26.8 Å². The van der Waals surface area contributed by atoms with Gasteiger partial charge in [-0.3, -0.25) is 0 Å². The first-order chi connectivity index (χ1) is 5.18. The van der Waals surface area contributed by atoms with Crippen molar-refractivity contribution >= 4 is 0 Å². The molecule has 1 heterocycles. The number of ether oxygens (including phenoxy) is 1. The van der Waals surface area contributed by atoms with Gasteiger partial charge in [0.2, 0.25) is 0 Å². The summed E-state index contributed by atoms with van der Waals surface area (Å²) in [7, 11) is 2.01. The summed E-state index contributed by atoms with van der Waals surface area (Å²) >= 11 is 0. The van der Waals surface area contributed by atoms with E-state index < -0.39 is 0 Å². The van der Waals surface area contributed by atoms with Gasteiger partial charge in [0.1, 0.15) is 0 Å². The molecule has 0 amide bonds. The average Bonchev–Trinajstić information content (AvgIpc) is 1.82. The molecule has 0 aromatic rings. The Bertz CT molecular complexity index is 119. The minimum atomic E-state index is 0.461. The molecule has 0 radical (unpaired) electrons. The van der Waals surface area contributed by atoms with E-state index in [-0.39, 0.29) is 0 Å². The predicted molar refractivity (Wildman–Crippen MR) is 46.6 cm³/mol. The predicted octanol–water partition coefficient (Wildman–Crippen LogP) is 1.27. The van der Waals surface area contributed by atoms with Gasteiger partial charge in [-0.2, -0.15) is 0 Å². The second kappa shape index (κ2) is 3.55. The van der Waals surface area contributed by atoms with Crippen molar-refractivity contribution in [3.63, 3.8) is 0 Å². The average molecular weight is 157 g/mol. The van der Waals surface area contributed by atoms with Crippen LogP contribution >= 0.6 is 0 Å². The molecule has 0 aromatic heterocycles. The molecule has 1 N–H and O–H groups in total. The molecule has 2 nitrogen and oxygen atoms in total. The maximum absolute atomic E-state index is 5.25. The maximum atomic E-state index is 5.25. The Morgan fingerprint density at radius 1 is 1.45 bits per heavy atom. The van der Waals surface area contributed by atoms with Gasteiger partial charge in [0.15, 0.2) is 0 Å². The smallest absolute Gasteiger partial charge is 0.0557 e. The Balaban J connectivity index is 2.33.